The number of carbonyl (C=O) groups excluding carboxylic acids is 1. The number of carbonyl (C=O) groups is 1. The molecule has 1 fully saturated rings. The summed E-state index contributed by atoms with van der Waals surface area (Å²) in [5.74, 6) is 1.86. The molecule has 0 bridgehead atoms. The SMILES string of the molecule is Cc1ccc(C(=O)NCCN2CCCC2(C)C)c(Nc2nn(C)c3nc(Nc4cnn5c4OCCC5)ncc23)n1. The van der Waals surface area contributed by atoms with Gasteiger partial charge in [0.1, 0.15) is 11.5 Å². The maximum absolute atomic E-state index is 13.2. The van der Waals surface area contributed by atoms with Crippen LogP contribution < -0.4 is 20.7 Å². The molecule has 6 heterocycles. The van der Waals surface area contributed by atoms with Gasteiger partial charge in [0, 0.05) is 50.5 Å². The minimum Gasteiger partial charge on any atom is -0.476 e. The predicted octanol–water partition coefficient (Wildman–Crippen LogP) is 3.14. The van der Waals surface area contributed by atoms with Crippen molar-refractivity contribution in [1.82, 2.24) is 44.7 Å². The second-order valence-electron chi connectivity index (χ2n) is 10.9. The van der Waals surface area contributed by atoms with Gasteiger partial charge in [0.15, 0.2) is 11.5 Å². The summed E-state index contributed by atoms with van der Waals surface area (Å²) in [5.41, 5.74) is 2.75. The third-order valence-electron chi connectivity index (χ3n) is 7.63. The van der Waals surface area contributed by atoms with Crippen molar-refractivity contribution in [3.8, 4) is 5.88 Å². The molecular weight excluding hydrogens is 510 g/mol. The van der Waals surface area contributed by atoms with Crippen molar-refractivity contribution in [2.45, 2.75) is 52.1 Å². The number of likely N-dealkylation sites (tertiary alicyclic amines) is 1. The predicted molar refractivity (Wildman–Crippen MR) is 151 cm³/mol. The number of hydrogen-bond donors (Lipinski definition) is 3. The van der Waals surface area contributed by atoms with Gasteiger partial charge >= 0.3 is 0 Å². The molecule has 13 nitrogen and oxygen atoms in total. The van der Waals surface area contributed by atoms with Crippen molar-refractivity contribution in [3.63, 3.8) is 0 Å². The van der Waals surface area contributed by atoms with Crippen LogP contribution in [0.15, 0.2) is 24.5 Å². The average molecular weight is 546 g/mol. The van der Waals surface area contributed by atoms with Crippen LogP contribution in [0, 0.1) is 6.92 Å². The Labute approximate surface area is 232 Å². The molecule has 0 aromatic carbocycles. The molecule has 13 heteroatoms. The van der Waals surface area contributed by atoms with Gasteiger partial charge < -0.3 is 20.7 Å². The van der Waals surface area contributed by atoms with E-state index in [0.717, 1.165) is 31.7 Å². The monoisotopic (exact) mass is 545 g/mol. The molecule has 0 saturated carbocycles. The van der Waals surface area contributed by atoms with E-state index in [1.54, 1.807) is 23.1 Å². The van der Waals surface area contributed by atoms with Crippen LogP contribution in [0.1, 0.15) is 49.2 Å². The third kappa shape index (κ3) is 5.04. The normalized spacial score (nSPS) is 16.5. The Bertz CT molecular complexity index is 1560. The molecule has 0 aliphatic carbocycles. The largest absolute Gasteiger partial charge is 0.476 e. The maximum Gasteiger partial charge on any atom is 0.255 e. The fourth-order valence-corrected chi connectivity index (χ4v) is 5.39. The lowest BCUT2D eigenvalue weighted by Gasteiger charge is -2.31. The van der Waals surface area contributed by atoms with Gasteiger partial charge in [-0.25, -0.2) is 19.3 Å². The standard InChI is InChI=1S/C27H35N11O2/c1-17-7-8-18(24(39)28-10-13-37-11-5-9-27(37,2)3)21(31-17)33-22-19-15-29-26(34-23(19)36(4)35-22)32-20-16-30-38-12-6-14-40-25(20)38/h7-8,15-16H,5-6,9-14H2,1-4H3,(H,28,39)(H,29,32,34)(H,31,33,35). The van der Waals surface area contributed by atoms with Crippen molar-refractivity contribution in [2.75, 3.05) is 36.9 Å². The van der Waals surface area contributed by atoms with Gasteiger partial charge in [0.2, 0.25) is 11.8 Å². The zero-order chi connectivity index (χ0) is 27.9. The van der Waals surface area contributed by atoms with Crippen LogP contribution >= 0.6 is 0 Å². The first-order chi connectivity index (χ1) is 19.3. The Kier molecular flexibility index (Phi) is 6.74. The molecule has 3 N–H and O–H groups in total. The Morgan fingerprint density at radius 1 is 1.10 bits per heavy atom. The highest BCUT2D eigenvalue weighted by molar-refractivity contribution is 6.00. The van der Waals surface area contributed by atoms with E-state index in [2.05, 4.69) is 59.8 Å². The van der Waals surface area contributed by atoms with E-state index in [4.69, 9.17) is 4.74 Å². The summed E-state index contributed by atoms with van der Waals surface area (Å²) in [6.07, 6.45) is 6.71. The van der Waals surface area contributed by atoms with Crippen LogP contribution in [0.5, 0.6) is 5.88 Å². The highest BCUT2D eigenvalue weighted by Crippen LogP contribution is 2.31. The average Bonchev–Trinajstić information content (AvgIpc) is 3.59. The van der Waals surface area contributed by atoms with Crippen molar-refractivity contribution >= 4 is 40.2 Å². The number of nitrogens with one attached hydrogen (secondary N) is 3. The van der Waals surface area contributed by atoms with E-state index in [1.165, 1.54) is 12.8 Å². The Morgan fingerprint density at radius 2 is 1.98 bits per heavy atom. The van der Waals surface area contributed by atoms with Crippen LogP contribution in [0.25, 0.3) is 11.0 Å². The summed E-state index contributed by atoms with van der Waals surface area (Å²) in [4.78, 5) is 29.4. The number of rotatable bonds is 8. The number of amides is 1. The van der Waals surface area contributed by atoms with Gasteiger partial charge in [0.25, 0.3) is 5.91 Å². The number of aryl methyl sites for hydroxylation is 3. The quantitative estimate of drug-likeness (QED) is 0.302. The van der Waals surface area contributed by atoms with Gasteiger partial charge in [-0.15, -0.1) is 0 Å². The smallest absolute Gasteiger partial charge is 0.255 e. The highest BCUT2D eigenvalue weighted by atomic mass is 16.5. The lowest BCUT2D eigenvalue weighted by molar-refractivity contribution is 0.0940. The van der Waals surface area contributed by atoms with E-state index >= 15 is 0 Å². The Morgan fingerprint density at radius 3 is 2.80 bits per heavy atom. The van der Waals surface area contributed by atoms with Crippen LogP contribution in [0.3, 0.4) is 0 Å². The summed E-state index contributed by atoms with van der Waals surface area (Å²) in [5, 5.41) is 19.2. The summed E-state index contributed by atoms with van der Waals surface area (Å²) >= 11 is 0. The van der Waals surface area contributed by atoms with Crippen molar-refractivity contribution in [3.05, 3.63) is 35.8 Å². The Hall–Kier alpha value is -4.26. The van der Waals surface area contributed by atoms with Gasteiger partial charge in [-0.3, -0.25) is 9.69 Å². The number of aromatic nitrogens is 7. The summed E-state index contributed by atoms with van der Waals surface area (Å²) < 4.78 is 9.25. The fourth-order valence-electron chi connectivity index (χ4n) is 5.39. The molecule has 2 aliphatic heterocycles. The molecule has 1 saturated heterocycles. The Balaban J connectivity index is 1.19. The zero-order valence-electron chi connectivity index (χ0n) is 23.4. The van der Waals surface area contributed by atoms with Crippen LogP contribution in [0.4, 0.5) is 23.3 Å². The number of nitrogens with zero attached hydrogens (tertiary/aromatic N) is 8. The molecule has 0 atom stereocenters. The number of hydrogen-bond acceptors (Lipinski definition) is 10. The molecule has 210 valence electrons. The van der Waals surface area contributed by atoms with Gasteiger partial charge in [-0.1, -0.05) is 0 Å². The summed E-state index contributed by atoms with van der Waals surface area (Å²) in [7, 11) is 1.81. The number of anilines is 4. The van der Waals surface area contributed by atoms with Gasteiger partial charge in [-0.2, -0.15) is 15.2 Å². The molecule has 40 heavy (non-hydrogen) atoms. The first-order valence-electron chi connectivity index (χ1n) is 13.7. The minimum absolute atomic E-state index is 0.173. The topological polar surface area (TPSA) is 140 Å². The van der Waals surface area contributed by atoms with Gasteiger partial charge in [-0.05, 0) is 52.3 Å². The lowest BCUT2D eigenvalue weighted by atomic mass is 10.0. The molecule has 0 spiro atoms. The van der Waals surface area contributed by atoms with Crippen LogP contribution in [-0.4, -0.2) is 77.1 Å². The third-order valence-corrected chi connectivity index (χ3v) is 7.63. The van der Waals surface area contributed by atoms with Crippen LogP contribution in [-0.2, 0) is 13.6 Å². The molecule has 4 aromatic rings. The highest BCUT2D eigenvalue weighted by Gasteiger charge is 2.31. The van der Waals surface area contributed by atoms with Crippen molar-refractivity contribution in [2.24, 2.45) is 7.05 Å². The van der Waals surface area contributed by atoms with Crippen molar-refractivity contribution < 1.29 is 9.53 Å². The van der Waals surface area contributed by atoms with Crippen LogP contribution in [0.2, 0.25) is 0 Å². The van der Waals surface area contributed by atoms with E-state index in [0.29, 0.717) is 58.9 Å². The first-order valence-corrected chi connectivity index (χ1v) is 13.7. The second-order valence-corrected chi connectivity index (χ2v) is 10.9. The molecule has 2 aliphatic rings. The second kappa shape index (κ2) is 10.4. The van der Waals surface area contributed by atoms with Gasteiger partial charge in [0.05, 0.1) is 23.8 Å². The van der Waals surface area contributed by atoms with E-state index in [9.17, 15) is 4.79 Å². The lowest BCUT2D eigenvalue weighted by Crippen LogP contribution is -2.43. The van der Waals surface area contributed by atoms with E-state index < -0.39 is 0 Å². The molecule has 1 amide bonds. The molecule has 6 rings (SSSR count). The number of pyridine rings is 1. The fraction of sp³-hybridized carbons (Fsp3) is 0.481. The molecule has 0 unspecified atom stereocenters. The summed E-state index contributed by atoms with van der Waals surface area (Å²) in [6.45, 7) is 10.3. The number of fused-ring (bicyclic) bond motifs is 2. The molecule has 4 aromatic heterocycles. The van der Waals surface area contributed by atoms with Crippen molar-refractivity contribution in [1.29, 1.82) is 0 Å². The van der Waals surface area contributed by atoms with E-state index in [-0.39, 0.29) is 11.4 Å². The summed E-state index contributed by atoms with van der Waals surface area (Å²) in [6, 6.07) is 3.62. The zero-order valence-corrected chi connectivity index (χ0v) is 23.4. The first kappa shape index (κ1) is 26.0. The molecule has 0 radical (unpaired) electrons. The maximum atomic E-state index is 13.2. The molecular formula is C27H35N11O2. The number of ether oxygens (including phenoxy) is 1. The minimum atomic E-state index is -0.179. The van der Waals surface area contributed by atoms with E-state index in [1.807, 2.05) is 24.7 Å².